The van der Waals surface area contributed by atoms with E-state index in [9.17, 15) is 16.8 Å². The van der Waals surface area contributed by atoms with Crippen molar-refractivity contribution in [3.05, 3.63) is 0 Å². The predicted molar refractivity (Wildman–Crippen MR) is 89.0 cm³/mol. The number of rotatable bonds is 4. The minimum atomic E-state index is -3.30. The van der Waals surface area contributed by atoms with Crippen molar-refractivity contribution >= 4 is 19.9 Å². The van der Waals surface area contributed by atoms with Gasteiger partial charge < -0.3 is 0 Å². The molecule has 0 aromatic rings. The molecule has 1 saturated heterocycles. The Labute approximate surface area is 135 Å². The van der Waals surface area contributed by atoms with Crippen LogP contribution in [0.25, 0.3) is 0 Å². The van der Waals surface area contributed by atoms with Gasteiger partial charge in [-0.3, -0.25) is 0 Å². The summed E-state index contributed by atoms with van der Waals surface area (Å²) in [6.45, 7) is 2.89. The molecule has 1 atom stereocenters. The number of hydrogen-bond donors (Lipinski definition) is 0. The maximum Gasteiger partial charge on any atom is 0.214 e. The Morgan fingerprint density at radius 2 is 1.59 bits per heavy atom. The third kappa shape index (κ3) is 4.68. The van der Waals surface area contributed by atoms with E-state index in [0.29, 0.717) is 32.4 Å². The Morgan fingerprint density at radius 3 is 2.18 bits per heavy atom. The first kappa shape index (κ1) is 18.2. The monoisotopic (exact) mass is 351 g/mol. The van der Waals surface area contributed by atoms with Crippen molar-refractivity contribution in [1.29, 1.82) is 0 Å². The topological polar surface area (TPSA) is 71.5 Å². The minimum Gasteiger partial charge on any atom is -0.229 e. The average molecular weight is 352 g/mol. The molecule has 2 fully saturated rings. The van der Waals surface area contributed by atoms with E-state index < -0.39 is 25.1 Å². The summed E-state index contributed by atoms with van der Waals surface area (Å²) in [7, 11) is -6.37. The van der Waals surface area contributed by atoms with E-state index in [2.05, 4.69) is 6.92 Å². The van der Waals surface area contributed by atoms with E-state index in [4.69, 9.17) is 0 Å². The van der Waals surface area contributed by atoms with Crippen molar-refractivity contribution in [3.8, 4) is 0 Å². The zero-order chi connectivity index (χ0) is 16.4. The third-order valence-corrected chi connectivity index (χ3v) is 9.12. The molecular formula is C15H29NO4S2. The largest absolute Gasteiger partial charge is 0.229 e. The molecule has 0 spiro atoms. The Balaban J connectivity index is 2.03. The van der Waals surface area contributed by atoms with Crippen molar-refractivity contribution in [3.63, 3.8) is 0 Å². The van der Waals surface area contributed by atoms with Crippen molar-refractivity contribution in [1.82, 2.24) is 4.31 Å². The molecule has 0 bridgehead atoms. The van der Waals surface area contributed by atoms with Gasteiger partial charge in [0, 0.05) is 19.3 Å². The Morgan fingerprint density at radius 1 is 0.955 bits per heavy atom. The standard InChI is InChI=1S/C15H29NO4S2/c1-15(9-4-3-5-10-15)13-22(19,20)16-11-6-7-14(8-12-16)21(2,17)18/h14H,3-13H2,1-2H3. The molecular weight excluding hydrogens is 322 g/mol. The fourth-order valence-electron chi connectivity index (χ4n) is 3.83. The van der Waals surface area contributed by atoms with Gasteiger partial charge in [-0.15, -0.1) is 0 Å². The summed E-state index contributed by atoms with van der Waals surface area (Å²) in [6, 6.07) is 0. The summed E-state index contributed by atoms with van der Waals surface area (Å²) in [5.41, 5.74) is -0.111. The van der Waals surface area contributed by atoms with Crippen molar-refractivity contribution in [2.45, 2.75) is 63.5 Å². The molecule has 0 radical (unpaired) electrons. The normalized spacial score (nSPS) is 28.2. The highest BCUT2D eigenvalue weighted by Gasteiger charge is 2.36. The first-order valence-electron chi connectivity index (χ1n) is 8.29. The summed E-state index contributed by atoms with van der Waals surface area (Å²) in [5.74, 6) is 0.212. The quantitative estimate of drug-likeness (QED) is 0.778. The van der Waals surface area contributed by atoms with E-state index >= 15 is 0 Å². The Bertz CT molecular complexity index is 577. The number of nitrogens with zero attached hydrogens (tertiary/aromatic N) is 1. The zero-order valence-electron chi connectivity index (χ0n) is 13.8. The van der Waals surface area contributed by atoms with Crippen molar-refractivity contribution in [2.24, 2.45) is 5.41 Å². The van der Waals surface area contributed by atoms with Gasteiger partial charge in [0.2, 0.25) is 10.0 Å². The second-order valence-corrected chi connectivity index (χ2v) is 11.7. The molecule has 1 heterocycles. The van der Waals surface area contributed by atoms with E-state index in [-0.39, 0.29) is 11.2 Å². The molecule has 1 unspecified atom stereocenters. The summed E-state index contributed by atoms with van der Waals surface area (Å²) >= 11 is 0. The van der Waals surface area contributed by atoms with Gasteiger partial charge in [-0.25, -0.2) is 21.1 Å². The van der Waals surface area contributed by atoms with Crippen LogP contribution in [-0.4, -0.2) is 51.5 Å². The van der Waals surface area contributed by atoms with Crippen LogP contribution < -0.4 is 0 Å². The lowest BCUT2D eigenvalue weighted by molar-refractivity contribution is 0.243. The fraction of sp³-hybridized carbons (Fsp3) is 1.00. The van der Waals surface area contributed by atoms with Crippen LogP contribution in [0.15, 0.2) is 0 Å². The molecule has 0 aromatic heterocycles. The van der Waals surface area contributed by atoms with Crippen molar-refractivity contribution < 1.29 is 16.8 Å². The van der Waals surface area contributed by atoms with Gasteiger partial charge >= 0.3 is 0 Å². The van der Waals surface area contributed by atoms with Gasteiger partial charge in [0.25, 0.3) is 0 Å². The fourth-order valence-corrected chi connectivity index (χ4v) is 7.10. The number of sulfonamides is 1. The van der Waals surface area contributed by atoms with Crippen LogP contribution in [0.5, 0.6) is 0 Å². The smallest absolute Gasteiger partial charge is 0.214 e. The van der Waals surface area contributed by atoms with Crippen LogP contribution in [0.2, 0.25) is 0 Å². The van der Waals surface area contributed by atoms with Gasteiger partial charge in [0.15, 0.2) is 0 Å². The molecule has 0 aromatic carbocycles. The van der Waals surface area contributed by atoms with E-state index in [1.807, 2.05) is 0 Å². The minimum absolute atomic E-state index is 0.111. The average Bonchev–Trinajstić information content (AvgIpc) is 2.63. The van der Waals surface area contributed by atoms with Crippen LogP contribution in [0.3, 0.4) is 0 Å². The molecule has 5 nitrogen and oxygen atoms in total. The summed E-state index contributed by atoms with van der Waals surface area (Å²) in [5, 5.41) is -0.391. The van der Waals surface area contributed by atoms with Gasteiger partial charge in [0.1, 0.15) is 9.84 Å². The van der Waals surface area contributed by atoms with Crippen LogP contribution in [0.4, 0.5) is 0 Å². The summed E-state index contributed by atoms with van der Waals surface area (Å²) < 4.78 is 50.4. The molecule has 1 saturated carbocycles. The van der Waals surface area contributed by atoms with E-state index in [1.165, 1.54) is 17.0 Å². The molecule has 0 amide bonds. The first-order chi connectivity index (χ1) is 10.1. The molecule has 1 aliphatic heterocycles. The van der Waals surface area contributed by atoms with Crippen LogP contribution in [-0.2, 0) is 19.9 Å². The number of sulfone groups is 1. The highest BCUT2D eigenvalue weighted by Crippen LogP contribution is 2.37. The first-order valence-corrected chi connectivity index (χ1v) is 11.9. The maximum absolute atomic E-state index is 12.7. The lowest BCUT2D eigenvalue weighted by Crippen LogP contribution is -2.40. The predicted octanol–water partition coefficient (Wildman–Crippen LogP) is 2.19. The molecule has 2 aliphatic rings. The van der Waals surface area contributed by atoms with Crippen LogP contribution >= 0.6 is 0 Å². The molecule has 130 valence electrons. The van der Waals surface area contributed by atoms with Gasteiger partial charge in [0.05, 0.1) is 11.0 Å². The molecule has 2 rings (SSSR count). The van der Waals surface area contributed by atoms with E-state index in [1.54, 1.807) is 0 Å². The summed E-state index contributed by atoms with van der Waals surface area (Å²) in [4.78, 5) is 0. The second kappa shape index (κ2) is 6.77. The van der Waals surface area contributed by atoms with Gasteiger partial charge in [-0.1, -0.05) is 26.2 Å². The molecule has 1 aliphatic carbocycles. The molecule has 7 heteroatoms. The Hall–Kier alpha value is -0.140. The molecule has 0 N–H and O–H groups in total. The highest BCUT2D eigenvalue weighted by atomic mass is 32.2. The Kier molecular flexibility index (Phi) is 5.60. The third-order valence-electron chi connectivity index (χ3n) is 5.22. The lowest BCUT2D eigenvalue weighted by atomic mass is 9.77. The van der Waals surface area contributed by atoms with E-state index in [0.717, 1.165) is 25.7 Å². The maximum atomic E-state index is 12.7. The summed E-state index contributed by atoms with van der Waals surface area (Å²) in [6.07, 6.45) is 8.27. The van der Waals surface area contributed by atoms with Gasteiger partial charge in [-0.2, -0.15) is 0 Å². The molecule has 22 heavy (non-hydrogen) atoms. The highest BCUT2D eigenvalue weighted by molar-refractivity contribution is 7.91. The van der Waals surface area contributed by atoms with Crippen molar-refractivity contribution in [2.75, 3.05) is 25.1 Å². The second-order valence-electron chi connectivity index (χ2n) is 7.41. The lowest BCUT2D eigenvalue weighted by Gasteiger charge is -2.35. The SMILES string of the molecule is CC1(CS(=O)(=O)N2CCCC(S(C)(=O)=O)CC2)CCCCC1. The van der Waals surface area contributed by atoms with Crippen LogP contribution in [0.1, 0.15) is 58.3 Å². The number of hydrogen-bond acceptors (Lipinski definition) is 4. The van der Waals surface area contributed by atoms with Gasteiger partial charge in [-0.05, 0) is 37.5 Å². The van der Waals surface area contributed by atoms with Crippen LogP contribution in [0, 0.1) is 5.41 Å². The zero-order valence-corrected chi connectivity index (χ0v) is 15.4.